The summed E-state index contributed by atoms with van der Waals surface area (Å²) < 4.78 is 5.82. The van der Waals surface area contributed by atoms with Gasteiger partial charge in [0.1, 0.15) is 0 Å². The number of hydrogen-bond acceptors (Lipinski definition) is 2. The van der Waals surface area contributed by atoms with Crippen LogP contribution in [0.5, 0.6) is 0 Å². The Kier molecular flexibility index (Phi) is 3.97. The van der Waals surface area contributed by atoms with Gasteiger partial charge in [-0.2, -0.15) is 0 Å². The topological polar surface area (TPSA) is 29.5 Å². The van der Waals surface area contributed by atoms with Crippen molar-refractivity contribution < 1.29 is 9.84 Å². The average Bonchev–Trinajstić information content (AvgIpc) is 2.83. The van der Waals surface area contributed by atoms with Crippen molar-refractivity contribution >= 4 is 0 Å². The highest BCUT2D eigenvalue weighted by Crippen LogP contribution is 2.67. The van der Waals surface area contributed by atoms with E-state index in [0.29, 0.717) is 16.7 Å². The second kappa shape index (κ2) is 5.58. The zero-order valence-corrected chi connectivity index (χ0v) is 15.9. The summed E-state index contributed by atoms with van der Waals surface area (Å²) >= 11 is 0. The molecule has 136 valence electrons. The molecular weight excluding hydrogens is 296 g/mol. The van der Waals surface area contributed by atoms with Crippen molar-refractivity contribution in [3.05, 3.63) is 12.2 Å². The van der Waals surface area contributed by atoms with Gasteiger partial charge in [-0.1, -0.05) is 19.1 Å². The summed E-state index contributed by atoms with van der Waals surface area (Å²) in [4.78, 5) is 0. The fourth-order valence-electron chi connectivity index (χ4n) is 7.69. The minimum absolute atomic E-state index is 0.325. The van der Waals surface area contributed by atoms with E-state index in [2.05, 4.69) is 20.4 Å². The van der Waals surface area contributed by atoms with Gasteiger partial charge in [-0.15, -0.1) is 0 Å². The molecule has 1 N–H and O–H groups in total. The summed E-state index contributed by atoms with van der Waals surface area (Å²) in [5, 5.41) is 10.7. The number of methoxy groups -OCH3 is 1. The van der Waals surface area contributed by atoms with Gasteiger partial charge < -0.3 is 9.84 Å². The van der Waals surface area contributed by atoms with E-state index in [9.17, 15) is 5.11 Å². The van der Waals surface area contributed by atoms with Crippen LogP contribution in [-0.2, 0) is 4.74 Å². The van der Waals surface area contributed by atoms with E-state index in [1.165, 1.54) is 44.1 Å². The van der Waals surface area contributed by atoms with Crippen LogP contribution in [0.1, 0.15) is 71.6 Å². The van der Waals surface area contributed by atoms with Crippen LogP contribution in [-0.4, -0.2) is 24.4 Å². The highest BCUT2D eigenvalue weighted by Gasteiger charge is 2.61. The lowest BCUT2D eigenvalue weighted by Gasteiger charge is -2.62. The molecule has 2 heteroatoms. The molecule has 0 heterocycles. The summed E-state index contributed by atoms with van der Waals surface area (Å²) in [6.07, 6.45) is 11.0. The second-order valence-corrected chi connectivity index (χ2v) is 10.1. The van der Waals surface area contributed by atoms with Crippen molar-refractivity contribution in [3.8, 4) is 0 Å². The van der Waals surface area contributed by atoms with E-state index >= 15 is 0 Å². The Morgan fingerprint density at radius 3 is 2.62 bits per heavy atom. The SMILES string of the molecule is C=C1CC[C@H]2[C@@H]3CC[C@H]4C[C@](C)(O)CC[C@]4(COC)[C@H]3CC[C@]12C. The lowest BCUT2D eigenvalue weighted by atomic mass is 9.44. The molecule has 0 aromatic rings. The maximum absolute atomic E-state index is 10.7. The van der Waals surface area contributed by atoms with Crippen molar-refractivity contribution in [2.24, 2.45) is 34.5 Å². The van der Waals surface area contributed by atoms with Gasteiger partial charge in [0, 0.05) is 7.11 Å². The molecule has 0 spiro atoms. The van der Waals surface area contributed by atoms with Crippen LogP contribution in [0, 0.1) is 34.5 Å². The predicted molar refractivity (Wildman–Crippen MR) is 97.7 cm³/mol. The average molecular weight is 333 g/mol. The molecule has 0 bridgehead atoms. The molecule has 4 saturated carbocycles. The van der Waals surface area contributed by atoms with Gasteiger partial charge in [-0.3, -0.25) is 0 Å². The van der Waals surface area contributed by atoms with Crippen LogP contribution >= 0.6 is 0 Å². The second-order valence-electron chi connectivity index (χ2n) is 10.1. The van der Waals surface area contributed by atoms with Crippen molar-refractivity contribution in [1.82, 2.24) is 0 Å². The van der Waals surface area contributed by atoms with Crippen LogP contribution in [0.3, 0.4) is 0 Å². The molecule has 7 atom stereocenters. The number of ether oxygens (including phenoxy) is 1. The summed E-state index contributed by atoms with van der Waals surface area (Å²) in [6.45, 7) is 9.90. The summed E-state index contributed by atoms with van der Waals surface area (Å²) in [7, 11) is 1.88. The van der Waals surface area contributed by atoms with Crippen LogP contribution in [0.25, 0.3) is 0 Å². The molecule has 0 aromatic heterocycles. The molecule has 4 fully saturated rings. The number of rotatable bonds is 2. The van der Waals surface area contributed by atoms with Crippen LogP contribution in [0.2, 0.25) is 0 Å². The quantitative estimate of drug-likeness (QED) is 0.724. The van der Waals surface area contributed by atoms with E-state index in [1.54, 1.807) is 0 Å². The third-order valence-corrected chi connectivity index (χ3v) is 9.02. The molecule has 0 unspecified atom stereocenters. The van der Waals surface area contributed by atoms with Gasteiger partial charge in [0.05, 0.1) is 12.2 Å². The van der Waals surface area contributed by atoms with Crippen LogP contribution < -0.4 is 0 Å². The fourth-order valence-corrected chi connectivity index (χ4v) is 7.69. The highest BCUT2D eigenvalue weighted by molar-refractivity contribution is 5.21. The van der Waals surface area contributed by atoms with Gasteiger partial charge in [0.15, 0.2) is 0 Å². The van der Waals surface area contributed by atoms with Crippen molar-refractivity contribution in [3.63, 3.8) is 0 Å². The van der Waals surface area contributed by atoms with Gasteiger partial charge >= 0.3 is 0 Å². The number of aliphatic hydroxyl groups is 1. The van der Waals surface area contributed by atoms with Crippen molar-refractivity contribution in [2.45, 2.75) is 77.2 Å². The third-order valence-electron chi connectivity index (χ3n) is 9.02. The Balaban J connectivity index is 1.67. The first kappa shape index (κ1) is 17.1. The number of hydrogen-bond donors (Lipinski definition) is 1. The highest BCUT2D eigenvalue weighted by atomic mass is 16.5. The zero-order chi connectivity index (χ0) is 17.2. The molecule has 4 aliphatic rings. The normalized spacial score (nSPS) is 54.1. The first-order chi connectivity index (χ1) is 11.3. The third kappa shape index (κ3) is 2.28. The van der Waals surface area contributed by atoms with Crippen molar-refractivity contribution in [1.29, 1.82) is 0 Å². The summed E-state index contributed by atoms with van der Waals surface area (Å²) in [5.74, 6) is 3.16. The van der Waals surface area contributed by atoms with E-state index in [4.69, 9.17) is 4.74 Å². The maximum Gasteiger partial charge on any atom is 0.0622 e. The molecule has 0 radical (unpaired) electrons. The minimum atomic E-state index is -0.459. The van der Waals surface area contributed by atoms with E-state index in [0.717, 1.165) is 43.6 Å². The molecule has 0 aliphatic heterocycles. The van der Waals surface area contributed by atoms with E-state index in [-0.39, 0.29) is 0 Å². The lowest BCUT2D eigenvalue weighted by molar-refractivity contribution is -0.169. The smallest absolute Gasteiger partial charge is 0.0622 e. The Labute approximate surface area is 148 Å². The fraction of sp³-hybridized carbons (Fsp3) is 0.909. The molecule has 0 amide bonds. The standard InChI is InChI=1S/C22H36O2/c1-15-5-8-18-17-7-6-16-13-20(2,23)11-12-22(16,14-24-4)19(17)9-10-21(15,18)3/h16-19,23H,1,5-14H2,2-4H3/t16-,17-,18-,19-,20+,21+,22+/m0/s1. The Morgan fingerprint density at radius 2 is 1.88 bits per heavy atom. The molecule has 0 aromatic carbocycles. The molecule has 24 heavy (non-hydrogen) atoms. The predicted octanol–water partition coefficient (Wildman–Crippen LogP) is 4.96. The van der Waals surface area contributed by atoms with Crippen LogP contribution in [0.4, 0.5) is 0 Å². The Bertz CT molecular complexity index is 524. The van der Waals surface area contributed by atoms with Crippen LogP contribution in [0.15, 0.2) is 12.2 Å². The van der Waals surface area contributed by atoms with Gasteiger partial charge in [0.25, 0.3) is 0 Å². The van der Waals surface area contributed by atoms with E-state index in [1.807, 2.05) is 7.11 Å². The molecule has 0 saturated heterocycles. The van der Waals surface area contributed by atoms with Gasteiger partial charge in [-0.05, 0) is 99.2 Å². The van der Waals surface area contributed by atoms with E-state index < -0.39 is 5.60 Å². The largest absolute Gasteiger partial charge is 0.390 e. The van der Waals surface area contributed by atoms with Gasteiger partial charge in [0.2, 0.25) is 0 Å². The van der Waals surface area contributed by atoms with Crippen molar-refractivity contribution in [2.75, 3.05) is 13.7 Å². The minimum Gasteiger partial charge on any atom is -0.390 e. The number of fused-ring (bicyclic) bond motifs is 5. The Morgan fingerprint density at radius 1 is 1.08 bits per heavy atom. The summed E-state index contributed by atoms with van der Waals surface area (Å²) in [5.41, 5.74) is 1.80. The lowest BCUT2D eigenvalue weighted by Crippen LogP contribution is -2.57. The monoisotopic (exact) mass is 332 g/mol. The first-order valence-corrected chi connectivity index (χ1v) is 10.2. The zero-order valence-electron chi connectivity index (χ0n) is 15.9. The first-order valence-electron chi connectivity index (χ1n) is 10.2. The number of allylic oxidation sites excluding steroid dienone is 1. The molecular formula is C22H36O2. The molecule has 2 nitrogen and oxygen atoms in total. The van der Waals surface area contributed by atoms with Gasteiger partial charge in [-0.25, -0.2) is 0 Å². The maximum atomic E-state index is 10.7. The molecule has 4 aliphatic carbocycles. The molecule has 4 rings (SSSR count). The Hall–Kier alpha value is -0.340. The summed E-state index contributed by atoms with van der Waals surface area (Å²) in [6, 6.07) is 0.